The van der Waals surface area contributed by atoms with Gasteiger partial charge in [0.1, 0.15) is 24.6 Å². The summed E-state index contributed by atoms with van der Waals surface area (Å²) < 4.78 is 5.73. The zero-order valence-electron chi connectivity index (χ0n) is 18.1. The van der Waals surface area contributed by atoms with Crippen LogP contribution in [0.3, 0.4) is 0 Å². The van der Waals surface area contributed by atoms with Gasteiger partial charge in [0.25, 0.3) is 0 Å². The first kappa shape index (κ1) is 23.6. The van der Waals surface area contributed by atoms with E-state index in [4.69, 9.17) is 32.8 Å². The summed E-state index contributed by atoms with van der Waals surface area (Å²) in [7, 11) is 0. The largest absolute Gasteiger partial charge is 0.491 e. The van der Waals surface area contributed by atoms with Crippen molar-refractivity contribution in [2.24, 2.45) is 5.16 Å². The predicted octanol–water partition coefficient (Wildman–Crippen LogP) is 5.43. The van der Waals surface area contributed by atoms with Gasteiger partial charge in [0.15, 0.2) is 0 Å². The number of hydrogen-bond donors (Lipinski definition) is 1. The molecule has 0 unspecified atom stereocenters. The Hall–Kier alpha value is -2.57. The van der Waals surface area contributed by atoms with Gasteiger partial charge in [-0.3, -0.25) is 4.90 Å². The Labute approximate surface area is 204 Å². The maximum Gasteiger partial charge on any atom is 0.145 e. The Morgan fingerprint density at radius 3 is 2.42 bits per heavy atom. The molecular weight excluding hydrogens is 459 g/mol. The highest BCUT2D eigenvalue weighted by Crippen LogP contribution is 2.24. The molecule has 3 aromatic carbocycles. The average molecular weight is 485 g/mol. The molecule has 7 heteroatoms. The zero-order chi connectivity index (χ0) is 23.0. The van der Waals surface area contributed by atoms with Crippen molar-refractivity contribution in [1.82, 2.24) is 4.90 Å². The number of ether oxygens (including phenoxy) is 1. The van der Waals surface area contributed by atoms with Crippen LogP contribution in [0, 0.1) is 0 Å². The maximum absolute atomic E-state index is 10.7. The second-order valence-electron chi connectivity index (χ2n) is 8.01. The molecule has 0 fully saturated rings. The summed E-state index contributed by atoms with van der Waals surface area (Å²) in [6.45, 7) is 1.74. The van der Waals surface area contributed by atoms with E-state index in [2.05, 4.69) is 10.1 Å². The van der Waals surface area contributed by atoms with Crippen LogP contribution in [0.15, 0.2) is 84.0 Å². The first-order valence-corrected chi connectivity index (χ1v) is 11.6. The lowest BCUT2D eigenvalue weighted by atomic mass is 10.0. The van der Waals surface area contributed by atoms with Gasteiger partial charge >= 0.3 is 0 Å². The van der Waals surface area contributed by atoms with Gasteiger partial charge in [-0.05, 0) is 29.8 Å². The minimum Gasteiger partial charge on any atom is -0.491 e. The van der Waals surface area contributed by atoms with Gasteiger partial charge in [-0.2, -0.15) is 0 Å². The molecule has 1 aliphatic heterocycles. The van der Waals surface area contributed by atoms with Crippen molar-refractivity contribution < 1.29 is 14.7 Å². The first-order valence-electron chi connectivity index (χ1n) is 10.9. The molecule has 33 heavy (non-hydrogen) atoms. The lowest BCUT2D eigenvalue weighted by Gasteiger charge is -2.27. The van der Waals surface area contributed by atoms with Gasteiger partial charge in [-0.1, -0.05) is 83.0 Å². The normalized spacial score (nSPS) is 16.4. The van der Waals surface area contributed by atoms with Gasteiger partial charge in [0.05, 0.1) is 5.71 Å². The number of oxime groups is 1. The number of aliphatic hydroxyl groups excluding tert-OH is 1. The Morgan fingerprint density at radius 1 is 0.970 bits per heavy atom. The van der Waals surface area contributed by atoms with Crippen LogP contribution in [0.1, 0.15) is 17.5 Å². The van der Waals surface area contributed by atoms with E-state index in [0.29, 0.717) is 36.1 Å². The Kier molecular flexibility index (Phi) is 8.24. The van der Waals surface area contributed by atoms with E-state index in [1.807, 2.05) is 78.9 Å². The molecule has 0 spiro atoms. The van der Waals surface area contributed by atoms with Crippen molar-refractivity contribution in [3.8, 4) is 5.75 Å². The van der Waals surface area contributed by atoms with Gasteiger partial charge in [0, 0.05) is 41.7 Å². The SMILES string of the molecule is O[C@H](COc1ccccc1)CN(Cc1ccccc1Cl)C[C@@H]1CC(c2ccccc2Cl)=NO1. The van der Waals surface area contributed by atoms with Crippen LogP contribution < -0.4 is 4.74 Å². The molecule has 0 aromatic heterocycles. The molecule has 1 N–H and O–H groups in total. The number of halogens is 2. The molecule has 0 saturated carbocycles. The minimum absolute atomic E-state index is 0.152. The van der Waals surface area contributed by atoms with E-state index in [9.17, 15) is 5.11 Å². The molecule has 1 heterocycles. The third-order valence-corrected chi connectivity index (χ3v) is 6.08. The van der Waals surface area contributed by atoms with Gasteiger partial charge < -0.3 is 14.7 Å². The molecule has 0 amide bonds. The third-order valence-electron chi connectivity index (χ3n) is 5.39. The van der Waals surface area contributed by atoms with Crippen molar-refractivity contribution in [3.05, 3.63) is 100 Å². The van der Waals surface area contributed by atoms with Gasteiger partial charge in [-0.25, -0.2) is 0 Å². The molecule has 0 radical (unpaired) electrons. The molecule has 4 rings (SSSR count). The smallest absolute Gasteiger partial charge is 0.145 e. The Balaban J connectivity index is 1.39. The lowest BCUT2D eigenvalue weighted by molar-refractivity contribution is 0.0213. The molecule has 5 nitrogen and oxygen atoms in total. The average Bonchev–Trinajstić information content (AvgIpc) is 3.28. The summed E-state index contributed by atoms with van der Waals surface area (Å²) >= 11 is 12.7. The highest BCUT2D eigenvalue weighted by Gasteiger charge is 2.27. The lowest BCUT2D eigenvalue weighted by Crippen LogP contribution is -2.39. The Bertz CT molecular complexity index is 1080. The maximum atomic E-state index is 10.7. The molecule has 3 aromatic rings. The molecule has 0 saturated heterocycles. The molecule has 172 valence electrons. The predicted molar refractivity (Wildman–Crippen MR) is 132 cm³/mol. The third kappa shape index (κ3) is 6.71. The van der Waals surface area contributed by atoms with Crippen molar-refractivity contribution in [2.75, 3.05) is 19.7 Å². The summed E-state index contributed by atoms with van der Waals surface area (Å²) in [6.07, 6.45) is -0.196. The fraction of sp³-hybridized carbons (Fsp3) is 0.269. The fourth-order valence-electron chi connectivity index (χ4n) is 3.80. The van der Waals surface area contributed by atoms with Crippen molar-refractivity contribution in [1.29, 1.82) is 0 Å². The highest BCUT2D eigenvalue weighted by atomic mass is 35.5. The molecular formula is C26H26Cl2N2O3. The standard InChI is InChI=1S/C26H26Cl2N2O3/c27-24-12-6-4-8-19(24)15-30(16-20(31)18-32-21-9-2-1-3-10-21)17-22-14-26(29-33-22)23-11-5-7-13-25(23)28/h1-13,20,22,31H,14-18H2/t20-,22-/m0/s1. The van der Waals surface area contributed by atoms with Crippen LogP contribution in [-0.2, 0) is 11.4 Å². The number of benzene rings is 3. The second-order valence-corrected chi connectivity index (χ2v) is 8.83. The number of aliphatic hydroxyl groups is 1. The highest BCUT2D eigenvalue weighted by molar-refractivity contribution is 6.34. The van der Waals surface area contributed by atoms with E-state index in [-0.39, 0.29) is 12.7 Å². The quantitative estimate of drug-likeness (QED) is 0.416. The van der Waals surface area contributed by atoms with Gasteiger partial charge in [0.2, 0.25) is 0 Å². The molecule has 0 aliphatic carbocycles. The number of rotatable bonds is 10. The van der Waals surface area contributed by atoms with Crippen LogP contribution in [0.4, 0.5) is 0 Å². The van der Waals surface area contributed by atoms with Crippen LogP contribution in [0.5, 0.6) is 5.75 Å². The minimum atomic E-state index is -0.682. The van der Waals surface area contributed by atoms with Crippen molar-refractivity contribution in [3.63, 3.8) is 0 Å². The van der Waals surface area contributed by atoms with Crippen LogP contribution in [-0.4, -0.2) is 47.6 Å². The monoisotopic (exact) mass is 484 g/mol. The van der Waals surface area contributed by atoms with Crippen LogP contribution in [0.2, 0.25) is 10.0 Å². The van der Waals surface area contributed by atoms with Crippen molar-refractivity contribution >= 4 is 28.9 Å². The summed E-state index contributed by atoms with van der Waals surface area (Å²) in [6, 6.07) is 24.8. The number of hydrogen-bond acceptors (Lipinski definition) is 5. The zero-order valence-corrected chi connectivity index (χ0v) is 19.6. The van der Waals surface area contributed by atoms with E-state index in [0.717, 1.165) is 22.6 Å². The van der Waals surface area contributed by atoms with E-state index in [1.54, 1.807) is 0 Å². The van der Waals surface area contributed by atoms with E-state index < -0.39 is 6.10 Å². The molecule has 0 bridgehead atoms. The topological polar surface area (TPSA) is 54.3 Å². The Morgan fingerprint density at radius 2 is 1.67 bits per heavy atom. The molecule has 1 aliphatic rings. The van der Waals surface area contributed by atoms with E-state index >= 15 is 0 Å². The van der Waals surface area contributed by atoms with Crippen molar-refractivity contribution in [2.45, 2.75) is 25.2 Å². The van der Waals surface area contributed by atoms with E-state index in [1.165, 1.54) is 0 Å². The second kappa shape index (κ2) is 11.5. The van der Waals surface area contributed by atoms with Crippen LogP contribution in [0.25, 0.3) is 0 Å². The molecule has 2 atom stereocenters. The number of para-hydroxylation sites is 1. The summed E-state index contributed by atoms with van der Waals surface area (Å²) in [5.74, 6) is 0.728. The van der Waals surface area contributed by atoms with Gasteiger partial charge in [-0.15, -0.1) is 0 Å². The number of nitrogens with zero attached hydrogens (tertiary/aromatic N) is 2. The summed E-state index contributed by atoms with van der Waals surface area (Å²) in [5, 5.41) is 16.3. The summed E-state index contributed by atoms with van der Waals surface area (Å²) in [4.78, 5) is 7.85. The summed E-state index contributed by atoms with van der Waals surface area (Å²) in [5.41, 5.74) is 2.70. The first-order chi connectivity index (χ1) is 16.1. The van der Waals surface area contributed by atoms with Crippen LogP contribution >= 0.6 is 23.2 Å². The fourth-order valence-corrected chi connectivity index (χ4v) is 4.24.